The lowest BCUT2D eigenvalue weighted by Crippen LogP contribution is -2.31. The van der Waals surface area contributed by atoms with Gasteiger partial charge in [0, 0.05) is 13.0 Å². The lowest BCUT2D eigenvalue weighted by molar-refractivity contribution is 0.228. The molecule has 1 fully saturated rings. The molecule has 1 saturated heterocycles. The first kappa shape index (κ1) is 21.2. The van der Waals surface area contributed by atoms with Crippen LogP contribution in [-0.4, -0.2) is 52.8 Å². The van der Waals surface area contributed by atoms with Gasteiger partial charge < -0.3 is 20.1 Å². The van der Waals surface area contributed by atoms with Gasteiger partial charge in [-0.15, -0.1) is 0 Å². The highest BCUT2D eigenvalue weighted by atomic mass is 16.5. The number of hydrogen-bond donors (Lipinski definition) is 3. The number of H-pyrrole nitrogens is 1. The molecule has 7 heteroatoms. The van der Waals surface area contributed by atoms with Gasteiger partial charge in [0.25, 0.3) is 5.56 Å². The third-order valence-electron chi connectivity index (χ3n) is 5.16. The van der Waals surface area contributed by atoms with Crippen LogP contribution in [0.1, 0.15) is 50.2 Å². The van der Waals surface area contributed by atoms with E-state index in [2.05, 4.69) is 27.1 Å². The smallest absolute Gasteiger partial charge is 0.259 e. The van der Waals surface area contributed by atoms with Gasteiger partial charge in [0.05, 0.1) is 12.2 Å². The van der Waals surface area contributed by atoms with Gasteiger partial charge in [-0.1, -0.05) is 25.5 Å². The van der Waals surface area contributed by atoms with Crippen LogP contribution in [0.2, 0.25) is 0 Å². The van der Waals surface area contributed by atoms with Gasteiger partial charge in [0.2, 0.25) is 11.8 Å². The van der Waals surface area contributed by atoms with Crippen molar-refractivity contribution in [2.75, 3.05) is 38.1 Å². The average Bonchev–Trinajstić information content (AvgIpc) is 2.74. The summed E-state index contributed by atoms with van der Waals surface area (Å²) in [6.07, 6.45) is 6.14. The molecule has 1 aliphatic rings. The second kappa shape index (κ2) is 10.9. The minimum atomic E-state index is -0.317. The van der Waals surface area contributed by atoms with E-state index in [0.29, 0.717) is 25.5 Å². The van der Waals surface area contributed by atoms with E-state index in [1.165, 1.54) is 32.4 Å². The Kier molecular flexibility index (Phi) is 7.93. The summed E-state index contributed by atoms with van der Waals surface area (Å²) in [5, 5.41) is 13.4. The van der Waals surface area contributed by atoms with Gasteiger partial charge in [-0.05, 0) is 63.0 Å². The number of benzene rings is 1. The summed E-state index contributed by atoms with van der Waals surface area (Å²) in [5.41, 5.74) is 0.868. The molecule has 0 bridgehead atoms. The Bertz CT molecular complexity index is 814. The highest BCUT2D eigenvalue weighted by Gasteiger charge is 2.12. The normalized spacial score (nSPS) is 14.7. The summed E-state index contributed by atoms with van der Waals surface area (Å²) >= 11 is 0. The molecule has 2 heterocycles. The SMILES string of the molecule is CCCOc1ccc(Cc2c(O)nc(NCCCN3CCCCC3)[nH]c2=O)cc1. The van der Waals surface area contributed by atoms with Crippen LogP contribution in [-0.2, 0) is 6.42 Å². The second-order valence-corrected chi connectivity index (χ2v) is 7.57. The molecular weight excluding hydrogens is 368 g/mol. The Morgan fingerprint density at radius 1 is 1.21 bits per heavy atom. The zero-order valence-corrected chi connectivity index (χ0v) is 17.2. The number of aromatic hydroxyl groups is 1. The average molecular weight is 401 g/mol. The summed E-state index contributed by atoms with van der Waals surface area (Å²) in [5.74, 6) is 0.896. The van der Waals surface area contributed by atoms with E-state index in [4.69, 9.17) is 4.74 Å². The van der Waals surface area contributed by atoms with Crippen LogP contribution in [0.3, 0.4) is 0 Å². The number of piperidine rings is 1. The third-order valence-corrected chi connectivity index (χ3v) is 5.16. The molecule has 1 aromatic carbocycles. The zero-order valence-electron chi connectivity index (χ0n) is 17.2. The minimum Gasteiger partial charge on any atom is -0.494 e. The maximum absolute atomic E-state index is 12.4. The largest absolute Gasteiger partial charge is 0.494 e. The van der Waals surface area contributed by atoms with Gasteiger partial charge in [-0.3, -0.25) is 9.78 Å². The lowest BCUT2D eigenvalue weighted by Gasteiger charge is -2.26. The molecule has 0 spiro atoms. The molecular formula is C22H32N4O3. The van der Waals surface area contributed by atoms with Crippen LogP contribution in [0.4, 0.5) is 5.95 Å². The fourth-order valence-electron chi connectivity index (χ4n) is 3.55. The number of ether oxygens (including phenoxy) is 1. The van der Waals surface area contributed by atoms with Crippen molar-refractivity contribution in [2.24, 2.45) is 0 Å². The van der Waals surface area contributed by atoms with E-state index in [1.54, 1.807) is 0 Å². The van der Waals surface area contributed by atoms with Crippen LogP contribution < -0.4 is 15.6 Å². The van der Waals surface area contributed by atoms with E-state index in [0.717, 1.165) is 30.7 Å². The van der Waals surface area contributed by atoms with E-state index >= 15 is 0 Å². The molecule has 158 valence electrons. The van der Waals surface area contributed by atoms with Gasteiger partial charge in [0.15, 0.2) is 0 Å². The Hall–Kier alpha value is -2.54. The fraction of sp³-hybridized carbons (Fsp3) is 0.545. The van der Waals surface area contributed by atoms with Gasteiger partial charge >= 0.3 is 0 Å². The van der Waals surface area contributed by atoms with Crippen molar-refractivity contribution in [1.82, 2.24) is 14.9 Å². The van der Waals surface area contributed by atoms with Crippen molar-refractivity contribution in [3.8, 4) is 11.6 Å². The summed E-state index contributed by atoms with van der Waals surface area (Å²) < 4.78 is 5.57. The van der Waals surface area contributed by atoms with Gasteiger partial charge in [-0.2, -0.15) is 4.98 Å². The van der Waals surface area contributed by atoms with Crippen LogP contribution >= 0.6 is 0 Å². The van der Waals surface area contributed by atoms with Crippen LogP contribution in [0.5, 0.6) is 11.6 Å². The molecule has 7 nitrogen and oxygen atoms in total. The van der Waals surface area contributed by atoms with Crippen molar-refractivity contribution >= 4 is 5.95 Å². The number of aromatic amines is 1. The van der Waals surface area contributed by atoms with Crippen LogP contribution in [0, 0.1) is 0 Å². The van der Waals surface area contributed by atoms with Crippen molar-refractivity contribution in [1.29, 1.82) is 0 Å². The molecule has 2 aromatic rings. The molecule has 0 unspecified atom stereocenters. The minimum absolute atomic E-state index is 0.224. The van der Waals surface area contributed by atoms with Crippen molar-refractivity contribution < 1.29 is 9.84 Å². The Morgan fingerprint density at radius 3 is 2.66 bits per heavy atom. The highest BCUT2D eigenvalue weighted by Crippen LogP contribution is 2.18. The molecule has 1 aliphatic heterocycles. The maximum Gasteiger partial charge on any atom is 0.259 e. The maximum atomic E-state index is 12.4. The molecule has 0 radical (unpaired) electrons. The highest BCUT2D eigenvalue weighted by molar-refractivity contribution is 5.37. The van der Waals surface area contributed by atoms with E-state index in [1.807, 2.05) is 24.3 Å². The van der Waals surface area contributed by atoms with Gasteiger partial charge in [-0.25, -0.2) is 0 Å². The lowest BCUT2D eigenvalue weighted by atomic mass is 10.1. The topological polar surface area (TPSA) is 90.5 Å². The van der Waals surface area contributed by atoms with Gasteiger partial charge in [0.1, 0.15) is 5.75 Å². The zero-order chi connectivity index (χ0) is 20.5. The standard InChI is InChI=1S/C22H32N4O3/c1-2-15-29-18-9-7-17(8-10-18)16-19-20(27)24-22(25-21(19)28)23-11-6-14-26-12-4-3-5-13-26/h7-10H,2-6,11-16H2,1H3,(H3,23,24,25,27,28). The molecule has 0 saturated carbocycles. The van der Waals surface area contributed by atoms with E-state index < -0.39 is 0 Å². The predicted molar refractivity (Wildman–Crippen MR) is 115 cm³/mol. The Labute approximate surface area is 172 Å². The first-order valence-electron chi connectivity index (χ1n) is 10.7. The van der Waals surface area contributed by atoms with Crippen molar-refractivity contribution in [3.05, 3.63) is 45.7 Å². The molecule has 0 atom stereocenters. The number of rotatable bonds is 10. The molecule has 0 amide bonds. The first-order valence-corrected chi connectivity index (χ1v) is 10.7. The quantitative estimate of drug-likeness (QED) is 0.531. The first-order chi connectivity index (χ1) is 14.2. The van der Waals surface area contributed by atoms with E-state index in [-0.39, 0.29) is 17.0 Å². The van der Waals surface area contributed by atoms with E-state index in [9.17, 15) is 9.90 Å². The summed E-state index contributed by atoms with van der Waals surface area (Å²) in [7, 11) is 0. The Balaban J connectivity index is 1.52. The van der Waals surface area contributed by atoms with Crippen molar-refractivity contribution in [3.63, 3.8) is 0 Å². The molecule has 29 heavy (non-hydrogen) atoms. The third kappa shape index (κ3) is 6.49. The predicted octanol–water partition coefficient (Wildman–Crippen LogP) is 3.14. The number of aromatic nitrogens is 2. The monoisotopic (exact) mass is 400 g/mol. The number of hydrogen-bond acceptors (Lipinski definition) is 6. The molecule has 0 aliphatic carbocycles. The summed E-state index contributed by atoms with van der Waals surface area (Å²) in [6.45, 7) is 6.84. The van der Waals surface area contributed by atoms with Crippen LogP contribution in [0.25, 0.3) is 0 Å². The second-order valence-electron chi connectivity index (χ2n) is 7.57. The Morgan fingerprint density at radius 2 is 1.97 bits per heavy atom. The number of nitrogens with one attached hydrogen (secondary N) is 2. The number of anilines is 1. The number of likely N-dealkylation sites (tertiary alicyclic amines) is 1. The molecule has 3 N–H and O–H groups in total. The fourth-order valence-corrected chi connectivity index (χ4v) is 3.55. The molecule has 1 aromatic heterocycles. The van der Waals surface area contributed by atoms with Crippen molar-refractivity contribution in [2.45, 2.75) is 45.4 Å². The summed E-state index contributed by atoms with van der Waals surface area (Å²) in [4.78, 5) is 21.8. The summed E-state index contributed by atoms with van der Waals surface area (Å²) in [6, 6.07) is 7.55. The van der Waals surface area contributed by atoms with Crippen LogP contribution in [0.15, 0.2) is 29.1 Å². The number of nitrogens with zero attached hydrogens (tertiary/aromatic N) is 2. The molecule has 3 rings (SSSR count).